The largest absolute Gasteiger partial charge is 0.481 e. The number of aldehydes is 1. The van der Waals surface area contributed by atoms with Gasteiger partial charge in [-0.3, -0.25) is 38.4 Å². The fourth-order valence-electron chi connectivity index (χ4n) is 5.67. The van der Waals surface area contributed by atoms with E-state index in [4.69, 9.17) is 10.8 Å². The summed E-state index contributed by atoms with van der Waals surface area (Å²) < 4.78 is 0. The lowest BCUT2D eigenvalue weighted by molar-refractivity contribution is -0.142. The summed E-state index contributed by atoms with van der Waals surface area (Å²) in [6.45, 7) is 10.3. The topological polar surface area (TPSA) is 336 Å². The van der Waals surface area contributed by atoms with Gasteiger partial charge in [0.05, 0.1) is 24.4 Å². The number of thiol groups is 1. The number of carboxylic acid groups (broad SMARTS) is 1. The van der Waals surface area contributed by atoms with E-state index in [-0.39, 0.29) is 24.6 Å². The molecule has 0 aromatic carbocycles. The van der Waals surface area contributed by atoms with Crippen LogP contribution >= 0.6 is 12.6 Å². The van der Waals surface area contributed by atoms with Gasteiger partial charge in [-0.05, 0) is 51.9 Å². The van der Waals surface area contributed by atoms with E-state index in [9.17, 15) is 58.5 Å². The van der Waals surface area contributed by atoms with Gasteiger partial charge in [-0.2, -0.15) is 12.6 Å². The number of aliphatic carboxylic acids is 1. The molecule has 21 nitrogen and oxygen atoms in total. The number of nitrogens with zero attached hydrogens (tertiary/aromatic N) is 1. The van der Waals surface area contributed by atoms with Gasteiger partial charge in [-0.1, -0.05) is 27.7 Å². The third kappa shape index (κ3) is 15.5. The van der Waals surface area contributed by atoms with E-state index in [0.717, 1.165) is 13.8 Å². The minimum absolute atomic E-state index is 0.213. The van der Waals surface area contributed by atoms with Gasteiger partial charge < -0.3 is 67.8 Å². The van der Waals surface area contributed by atoms with Crippen molar-refractivity contribution in [3.05, 3.63) is 0 Å². The van der Waals surface area contributed by atoms with Crippen LogP contribution in [0.1, 0.15) is 74.1 Å². The lowest BCUT2D eigenvalue weighted by Gasteiger charge is -2.31. The minimum atomic E-state index is -1.80. The van der Waals surface area contributed by atoms with E-state index in [1.807, 2.05) is 0 Å². The molecule has 1 aliphatic rings. The van der Waals surface area contributed by atoms with Crippen molar-refractivity contribution in [1.29, 1.82) is 0 Å². The molecule has 0 radical (unpaired) electrons. The van der Waals surface area contributed by atoms with Crippen LogP contribution in [0.25, 0.3) is 0 Å². The molecule has 22 heteroatoms. The Bertz CT molecular complexity index is 1450. The van der Waals surface area contributed by atoms with Crippen LogP contribution in [0.2, 0.25) is 0 Å². The molecule has 11 atom stereocenters. The van der Waals surface area contributed by atoms with E-state index in [1.54, 1.807) is 27.7 Å². The first-order chi connectivity index (χ1) is 26.5. The van der Waals surface area contributed by atoms with Gasteiger partial charge in [0.15, 0.2) is 0 Å². The molecule has 324 valence electrons. The second-order valence-corrected chi connectivity index (χ2v) is 15.2. The SMILES string of the molecule is CC(C)[C@H](NC(=O)[C@@H]1CCCN1C(=O)[C@@H](N)[C@@H](C)O)C(=O)N[C@@H](CS)C(=O)N[C@H](C(=O)N[C@H](C(=O)N[C@@H](CCC(=O)O)C(=O)N[C@H](C=O)C(C)C)[C@@H](C)O)[C@@H](C)O. The van der Waals surface area contributed by atoms with Gasteiger partial charge in [-0.15, -0.1) is 0 Å². The molecule has 1 fully saturated rings. The van der Waals surface area contributed by atoms with Crippen LogP contribution in [0.15, 0.2) is 0 Å². The Balaban J connectivity index is 3.13. The van der Waals surface area contributed by atoms with Crippen LogP contribution in [-0.2, 0) is 43.2 Å². The molecule has 57 heavy (non-hydrogen) atoms. The molecule has 0 saturated carbocycles. The van der Waals surface area contributed by atoms with E-state index >= 15 is 0 Å². The summed E-state index contributed by atoms with van der Waals surface area (Å²) in [7, 11) is 0. The molecule has 12 N–H and O–H groups in total. The zero-order valence-corrected chi connectivity index (χ0v) is 34.2. The van der Waals surface area contributed by atoms with Crippen molar-refractivity contribution < 1.29 is 63.6 Å². The van der Waals surface area contributed by atoms with Crippen LogP contribution < -0.4 is 37.6 Å². The maximum Gasteiger partial charge on any atom is 0.303 e. The predicted octanol–water partition coefficient (Wildman–Crippen LogP) is -4.34. The average Bonchev–Trinajstić information content (AvgIpc) is 3.63. The van der Waals surface area contributed by atoms with Gasteiger partial charge in [0.2, 0.25) is 41.4 Å². The summed E-state index contributed by atoms with van der Waals surface area (Å²) in [6, 6.07) is -10.9. The highest BCUT2D eigenvalue weighted by atomic mass is 32.1. The summed E-state index contributed by atoms with van der Waals surface area (Å²) in [6.07, 6.45) is -4.17. The number of carbonyl (C=O) groups excluding carboxylic acids is 8. The van der Waals surface area contributed by atoms with Gasteiger partial charge in [0, 0.05) is 18.7 Å². The summed E-state index contributed by atoms with van der Waals surface area (Å²) in [5.74, 6) is -8.81. The number of aliphatic hydroxyl groups excluding tert-OH is 3. The molecule has 1 rings (SSSR count). The van der Waals surface area contributed by atoms with Gasteiger partial charge >= 0.3 is 5.97 Å². The van der Waals surface area contributed by atoms with Gasteiger partial charge in [-0.25, -0.2) is 0 Å². The lowest BCUT2D eigenvalue weighted by atomic mass is 10.0. The maximum absolute atomic E-state index is 13.4. The fraction of sp³-hybridized carbons (Fsp3) is 0.743. The number of nitrogens with two attached hydrogens (primary N) is 1. The van der Waals surface area contributed by atoms with Gasteiger partial charge in [0.1, 0.15) is 48.6 Å². The number of aliphatic hydroxyl groups is 3. The van der Waals surface area contributed by atoms with Crippen molar-refractivity contribution in [2.24, 2.45) is 17.6 Å². The quantitative estimate of drug-likeness (QED) is 0.0342. The van der Waals surface area contributed by atoms with Crippen molar-refractivity contribution >= 4 is 66.2 Å². The molecule has 0 unspecified atom stereocenters. The molecule has 1 aliphatic heterocycles. The summed E-state index contributed by atoms with van der Waals surface area (Å²) >= 11 is 4.13. The normalized spacial score (nSPS) is 19.3. The standard InChI is InChI=1S/C35H60N8O13S/c1-15(2)21(13-44)38-29(50)20(10-11-24(48)49)37-33(54)27(18(6)46)42-34(55)28(19(7)47)41-30(51)22(14-57)39-32(53)26(16(3)4)40-31(52)23-9-8-12-43(23)35(56)25(36)17(5)45/h13,15-23,25-28,45-47,57H,8-12,14,36H2,1-7H3,(H,37,54)(H,38,50)(H,39,53)(H,40,52)(H,41,51)(H,42,55)(H,48,49)/t17-,18-,19-,20+,21-,22+,23+,25+,26+,27+,28+/m1/s1. The second kappa shape index (κ2) is 23.8. The Kier molecular flexibility index (Phi) is 21.1. The maximum atomic E-state index is 13.4. The van der Waals surface area contributed by atoms with E-state index in [0.29, 0.717) is 12.7 Å². The zero-order chi connectivity index (χ0) is 43.9. The third-order valence-electron chi connectivity index (χ3n) is 9.28. The minimum Gasteiger partial charge on any atom is -0.481 e. The zero-order valence-electron chi connectivity index (χ0n) is 33.3. The molecule has 0 aromatic heterocycles. The number of likely N-dealkylation sites (tertiary alicyclic amines) is 1. The molecule has 1 saturated heterocycles. The Morgan fingerprint density at radius 2 is 1.19 bits per heavy atom. The van der Waals surface area contributed by atoms with Crippen molar-refractivity contribution in [3.8, 4) is 0 Å². The highest BCUT2D eigenvalue weighted by Crippen LogP contribution is 2.20. The van der Waals surface area contributed by atoms with E-state index < -0.39 is 133 Å². The number of rotatable bonds is 23. The molecular weight excluding hydrogens is 772 g/mol. The Morgan fingerprint density at radius 3 is 1.65 bits per heavy atom. The van der Waals surface area contributed by atoms with Crippen molar-refractivity contribution in [2.45, 2.75) is 141 Å². The van der Waals surface area contributed by atoms with Crippen LogP contribution in [0, 0.1) is 11.8 Å². The molecular formula is C35H60N8O13S. The first kappa shape index (κ1) is 50.6. The number of amides is 7. The Hall–Kier alpha value is -4.38. The van der Waals surface area contributed by atoms with E-state index in [2.05, 4.69) is 44.5 Å². The van der Waals surface area contributed by atoms with E-state index in [1.165, 1.54) is 11.8 Å². The van der Waals surface area contributed by atoms with Crippen LogP contribution in [0.5, 0.6) is 0 Å². The van der Waals surface area contributed by atoms with Crippen LogP contribution in [0.4, 0.5) is 0 Å². The summed E-state index contributed by atoms with van der Waals surface area (Å²) in [4.78, 5) is 116. The van der Waals surface area contributed by atoms with Crippen LogP contribution in [0.3, 0.4) is 0 Å². The number of hydrogen-bond acceptors (Lipinski definition) is 14. The van der Waals surface area contributed by atoms with Gasteiger partial charge in [0.25, 0.3) is 0 Å². The molecule has 0 aromatic rings. The molecule has 0 aliphatic carbocycles. The smallest absolute Gasteiger partial charge is 0.303 e. The van der Waals surface area contributed by atoms with Crippen molar-refractivity contribution in [2.75, 3.05) is 12.3 Å². The third-order valence-corrected chi connectivity index (χ3v) is 9.65. The number of nitrogens with one attached hydrogen (secondary N) is 6. The van der Waals surface area contributed by atoms with Crippen molar-refractivity contribution in [3.63, 3.8) is 0 Å². The molecule has 7 amide bonds. The molecule has 0 bridgehead atoms. The first-order valence-corrected chi connectivity index (χ1v) is 19.3. The highest BCUT2D eigenvalue weighted by Gasteiger charge is 2.40. The Morgan fingerprint density at radius 1 is 0.702 bits per heavy atom. The first-order valence-electron chi connectivity index (χ1n) is 18.7. The monoisotopic (exact) mass is 832 g/mol. The summed E-state index contributed by atoms with van der Waals surface area (Å²) in [5, 5.41) is 54.0. The molecule has 1 heterocycles. The summed E-state index contributed by atoms with van der Waals surface area (Å²) in [5.41, 5.74) is 5.80. The fourth-order valence-corrected chi connectivity index (χ4v) is 5.93. The predicted molar refractivity (Wildman–Crippen MR) is 206 cm³/mol. The Labute approximate surface area is 336 Å². The number of carbonyl (C=O) groups is 9. The van der Waals surface area contributed by atoms with Crippen LogP contribution in [-0.4, -0.2) is 158 Å². The number of carboxylic acids is 1. The lowest BCUT2D eigenvalue weighted by Crippen LogP contribution is -2.63. The average molecular weight is 833 g/mol. The second-order valence-electron chi connectivity index (χ2n) is 14.8. The number of hydrogen-bond donors (Lipinski definition) is 12. The highest BCUT2D eigenvalue weighted by molar-refractivity contribution is 7.80. The van der Waals surface area contributed by atoms with Crippen molar-refractivity contribution in [1.82, 2.24) is 36.8 Å². The molecule has 0 spiro atoms.